The lowest BCUT2D eigenvalue weighted by molar-refractivity contribution is 0.204. The molecule has 0 spiro atoms. The fraction of sp³-hybridized carbons (Fsp3) is 0.556. The fourth-order valence-electron chi connectivity index (χ4n) is 0.996. The molecule has 0 unspecified atom stereocenters. The standard InChI is InChI=1S/C9H15N3O2S/c1-7-5-8(14-12-7)6-11-9(15)10-3-4-13-2/h5H,3-4,6H2,1-2H3,(H2,10,11,15). The van der Waals surface area contributed by atoms with Crippen LogP contribution in [0.4, 0.5) is 0 Å². The number of aryl methyl sites for hydroxylation is 1. The maximum Gasteiger partial charge on any atom is 0.166 e. The second-order valence-electron chi connectivity index (χ2n) is 3.04. The molecule has 0 radical (unpaired) electrons. The van der Waals surface area contributed by atoms with Crippen molar-refractivity contribution in [3.05, 3.63) is 17.5 Å². The number of hydrogen-bond acceptors (Lipinski definition) is 4. The van der Waals surface area contributed by atoms with Crippen LogP contribution >= 0.6 is 12.2 Å². The summed E-state index contributed by atoms with van der Waals surface area (Å²) in [5.41, 5.74) is 0.866. The number of aromatic nitrogens is 1. The van der Waals surface area contributed by atoms with E-state index < -0.39 is 0 Å². The number of hydrogen-bond donors (Lipinski definition) is 2. The summed E-state index contributed by atoms with van der Waals surface area (Å²) < 4.78 is 9.90. The molecule has 1 aromatic heterocycles. The Bertz CT molecular complexity index is 314. The molecule has 15 heavy (non-hydrogen) atoms. The van der Waals surface area contributed by atoms with Crippen molar-refractivity contribution >= 4 is 17.3 Å². The van der Waals surface area contributed by atoms with E-state index in [9.17, 15) is 0 Å². The lowest BCUT2D eigenvalue weighted by Crippen LogP contribution is -2.36. The largest absolute Gasteiger partial charge is 0.383 e. The first-order valence-corrected chi connectivity index (χ1v) is 5.06. The summed E-state index contributed by atoms with van der Waals surface area (Å²) in [5, 5.41) is 10.4. The molecule has 0 saturated carbocycles. The normalized spacial score (nSPS) is 10.0. The summed E-state index contributed by atoms with van der Waals surface area (Å²) in [6.07, 6.45) is 0. The predicted molar refractivity (Wildman–Crippen MR) is 60.6 cm³/mol. The van der Waals surface area contributed by atoms with E-state index in [0.717, 1.165) is 11.5 Å². The second-order valence-corrected chi connectivity index (χ2v) is 3.45. The Morgan fingerprint density at radius 1 is 1.60 bits per heavy atom. The zero-order valence-electron chi connectivity index (χ0n) is 8.87. The molecule has 0 atom stereocenters. The van der Waals surface area contributed by atoms with E-state index >= 15 is 0 Å². The SMILES string of the molecule is COCCNC(=S)NCc1cc(C)no1. The molecule has 0 saturated heterocycles. The highest BCUT2D eigenvalue weighted by atomic mass is 32.1. The molecule has 6 heteroatoms. The van der Waals surface area contributed by atoms with Crippen LogP contribution in [0.15, 0.2) is 10.6 Å². The number of methoxy groups -OCH3 is 1. The number of nitrogens with one attached hydrogen (secondary N) is 2. The molecule has 1 heterocycles. The zero-order chi connectivity index (χ0) is 11.1. The lowest BCUT2D eigenvalue weighted by atomic mass is 10.4. The summed E-state index contributed by atoms with van der Waals surface area (Å²) in [6.45, 7) is 3.74. The molecule has 0 amide bonds. The second kappa shape index (κ2) is 6.36. The Morgan fingerprint density at radius 2 is 2.40 bits per heavy atom. The van der Waals surface area contributed by atoms with E-state index in [-0.39, 0.29) is 0 Å². The van der Waals surface area contributed by atoms with Crippen LogP contribution in [0.1, 0.15) is 11.5 Å². The first-order chi connectivity index (χ1) is 7.22. The molecular formula is C9H15N3O2S. The van der Waals surface area contributed by atoms with Gasteiger partial charge in [0.05, 0.1) is 18.8 Å². The third-order valence-corrected chi connectivity index (χ3v) is 1.98. The summed E-state index contributed by atoms with van der Waals surface area (Å²) in [5.74, 6) is 0.767. The van der Waals surface area contributed by atoms with Crippen molar-refractivity contribution in [1.29, 1.82) is 0 Å². The molecule has 0 aromatic carbocycles. The molecule has 0 bridgehead atoms. The maximum absolute atomic E-state index is 5.03. The highest BCUT2D eigenvalue weighted by Crippen LogP contribution is 2.00. The van der Waals surface area contributed by atoms with Crippen LogP contribution < -0.4 is 10.6 Å². The quantitative estimate of drug-likeness (QED) is 0.569. The fourth-order valence-corrected chi connectivity index (χ4v) is 1.17. The van der Waals surface area contributed by atoms with E-state index in [1.807, 2.05) is 13.0 Å². The van der Waals surface area contributed by atoms with Gasteiger partial charge in [-0.1, -0.05) is 5.16 Å². The van der Waals surface area contributed by atoms with Gasteiger partial charge in [-0.3, -0.25) is 0 Å². The molecule has 0 fully saturated rings. The third-order valence-electron chi connectivity index (χ3n) is 1.69. The predicted octanol–water partition coefficient (Wildman–Crippen LogP) is 0.594. The summed E-state index contributed by atoms with van der Waals surface area (Å²) in [4.78, 5) is 0. The van der Waals surface area contributed by atoms with Crippen molar-refractivity contribution in [2.24, 2.45) is 0 Å². The molecular weight excluding hydrogens is 214 g/mol. The topological polar surface area (TPSA) is 59.3 Å². The van der Waals surface area contributed by atoms with Gasteiger partial charge in [0.15, 0.2) is 10.9 Å². The number of rotatable bonds is 5. The van der Waals surface area contributed by atoms with Gasteiger partial charge in [0.1, 0.15) is 0 Å². The van der Waals surface area contributed by atoms with Crippen molar-refractivity contribution in [3.8, 4) is 0 Å². The highest BCUT2D eigenvalue weighted by Gasteiger charge is 2.00. The summed E-state index contributed by atoms with van der Waals surface area (Å²) in [6, 6.07) is 1.87. The van der Waals surface area contributed by atoms with Gasteiger partial charge in [0.25, 0.3) is 0 Å². The van der Waals surface area contributed by atoms with Gasteiger partial charge in [-0.05, 0) is 19.1 Å². The molecule has 1 aromatic rings. The van der Waals surface area contributed by atoms with Crippen LogP contribution in [0.3, 0.4) is 0 Å². The Labute approximate surface area is 94.2 Å². The minimum Gasteiger partial charge on any atom is -0.383 e. The molecule has 0 aliphatic heterocycles. The van der Waals surface area contributed by atoms with Gasteiger partial charge in [0, 0.05) is 19.7 Å². The van der Waals surface area contributed by atoms with Crippen LogP contribution in [0, 0.1) is 6.92 Å². The van der Waals surface area contributed by atoms with E-state index in [2.05, 4.69) is 15.8 Å². The third kappa shape index (κ3) is 4.75. The number of nitrogens with zero attached hydrogens (tertiary/aromatic N) is 1. The van der Waals surface area contributed by atoms with Gasteiger partial charge < -0.3 is 19.9 Å². The van der Waals surface area contributed by atoms with Gasteiger partial charge in [-0.2, -0.15) is 0 Å². The van der Waals surface area contributed by atoms with Crippen molar-refractivity contribution in [2.75, 3.05) is 20.3 Å². The van der Waals surface area contributed by atoms with Crippen LogP contribution in [-0.2, 0) is 11.3 Å². The Balaban J connectivity index is 2.16. The van der Waals surface area contributed by atoms with Crippen molar-refractivity contribution in [3.63, 3.8) is 0 Å². The monoisotopic (exact) mass is 229 g/mol. The van der Waals surface area contributed by atoms with Gasteiger partial charge in [-0.15, -0.1) is 0 Å². The number of thiocarbonyl (C=S) groups is 1. The molecule has 0 aliphatic carbocycles. The van der Waals surface area contributed by atoms with Crippen LogP contribution in [-0.4, -0.2) is 30.5 Å². The van der Waals surface area contributed by atoms with Gasteiger partial charge in [0.2, 0.25) is 0 Å². The average molecular weight is 229 g/mol. The van der Waals surface area contributed by atoms with Gasteiger partial charge in [-0.25, -0.2) is 0 Å². The minimum absolute atomic E-state index is 0.541. The average Bonchev–Trinajstić information content (AvgIpc) is 2.62. The number of ether oxygens (including phenoxy) is 1. The Morgan fingerprint density at radius 3 is 3.00 bits per heavy atom. The van der Waals surface area contributed by atoms with E-state index in [4.69, 9.17) is 21.5 Å². The van der Waals surface area contributed by atoms with Crippen molar-refractivity contribution in [2.45, 2.75) is 13.5 Å². The first-order valence-electron chi connectivity index (χ1n) is 4.65. The van der Waals surface area contributed by atoms with Crippen LogP contribution in [0.25, 0.3) is 0 Å². The van der Waals surface area contributed by atoms with Gasteiger partial charge >= 0.3 is 0 Å². The summed E-state index contributed by atoms with van der Waals surface area (Å²) >= 11 is 5.03. The lowest BCUT2D eigenvalue weighted by Gasteiger charge is -2.07. The van der Waals surface area contributed by atoms with E-state index in [0.29, 0.717) is 24.8 Å². The Kier molecular flexibility index (Phi) is 5.06. The van der Waals surface area contributed by atoms with E-state index in [1.54, 1.807) is 7.11 Å². The van der Waals surface area contributed by atoms with Crippen LogP contribution in [0.5, 0.6) is 0 Å². The van der Waals surface area contributed by atoms with Crippen LogP contribution in [0.2, 0.25) is 0 Å². The molecule has 2 N–H and O–H groups in total. The minimum atomic E-state index is 0.541. The smallest absolute Gasteiger partial charge is 0.166 e. The van der Waals surface area contributed by atoms with Crippen molar-refractivity contribution in [1.82, 2.24) is 15.8 Å². The zero-order valence-corrected chi connectivity index (χ0v) is 9.69. The molecule has 0 aliphatic rings. The first kappa shape index (κ1) is 11.9. The molecule has 5 nitrogen and oxygen atoms in total. The summed E-state index contributed by atoms with van der Waals surface area (Å²) in [7, 11) is 1.65. The molecule has 84 valence electrons. The maximum atomic E-state index is 5.03. The highest BCUT2D eigenvalue weighted by molar-refractivity contribution is 7.80. The Hall–Kier alpha value is -1.14. The molecule has 1 rings (SSSR count). The van der Waals surface area contributed by atoms with E-state index in [1.165, 1.54) is 0 Å². The van der Waals surface area contributed by atoms with Crippen molar-refractivity contribution < 1.29 is 9.26 Å².